The summed E-state index contributed by atoms with van der Waals surface area (Å²) in [6, 6.07) is 0.489. The lowest BCUT2D eigenvalue weighted by Crippen LogP contribution is -2.54. The lowest BCUT2D eigenvalue weighted by Gasteiger charge is -2.32. The first-order valence-corrected chi connectivity index (χ1v) is 6.34. The molecule has 1 aliphatic rings. The molecule has 1 saturated carbocycles. The Morgan fingerprint density at radius 1 is 1.44 bits per heavy atom. The van der Waals surface area contributed by atoms with Crippen LogP contribution in [0.5, 0.6) is 0 Å². The van der Waals surface area contributed by atoms with Gasteiger partial charge in [0.05, 0.1) is 7.11 Å². The molecule has 1 atom stereocenters. The number of hydrogen-bond acceptors (Lipinski definition) is 3. The van der Waals surface area contributed by atoms with Crippen molar-refractivity contribution in [3.63, 3.8) is 0 Å². The van der Waals surface area contributed by atoms with Gasteiger partial charge in [-0.1, -0.05) is 26.7 Å². The summed E-state index contributed by atoms with van der Waals surface area (Å²) in [6.45, 7) is 6.24. The van der Waals surface area contributed by atoms with E-state index in [2.05, 4.69) is 19.2 Å². The maximum Gasteiger partial charge on any atom is 0.325 e. The van der Waals surface area contributed by atoms with Crippen molar-refractivity contribution in [1.29, 1.82) is 0 Å². The van der Waals surface area contributed by atoms with Gasteiger partial charge in [-0.2, -0.15) is 0 Å². The summed E-state index contributed by atoms with van der Waals surface area (Å²) in [5.74, 6) is 0.353. The van der Waals surface area contributed by atoms with Crippen molar-refractivity contribution in [2.45, 2.75) is 64.5 Å². The fourth-order valence-electron chi connectivity index (χ4n) is 2.76. The third kappa shape index (κ3) is 3.48. The Hall–Kier alpha value is -0.570. The van der Waals surface area contributed by atoms with Crippen molar-refractivity contribution in [1.82, 2.24) is 5.32 Å². The summed E-state index contributed by atoms with van der Waals surface area (Å²) in [6.07, 6.45) is 5.75. The van der Waals surface area contributed by atoms with Crippen LogP contribution in [0.15, 0.2) is 0 Å². The Balaban J connectivity index is 2.64. The van der Waals surface area contributed by atoms with Gasteiger partial charge >= 0.3 is 5.97 Å². The van der Waals surface area contributed by atoms with E-state index in [9.17, 15) is 4.79 Å². The van der Waals surface area contributed by atoms with Gasteiger partial charge in [-0.15, -0.1) is 0 Å². The molecule has 1 rings (SSSR count). The molecule has 0 radical (unpaired) electrons. The quantitative estimate of drug-likeness (QED) is 0.733. The van der Waals surface area contributed by atoms with Crippen LogP contribution in [0.25, 0.3) is 0 Å². The number of ether oxygens (including phenoxy) is 1. The van der Waals surface area contributed by atoms with Crippen molar-refractivity contribution >= 4 is 5.97 Å². The van der Waals surface area contributed by atoms with Crippen LogP contribution in [0, 0.1) is 5.92 Å². The van der Waals surface area contributed by atoms with E-state index in [0.717, 1.165) is 6.42 Å². The van der Waals surface area contributed by atoms with Gasteiger partial charge in [0.15, 0.2) is 0 Å². The first-order valence-electron chi connectivity index (χ1n) is 6.34. The van der Waals surface area contributed by atoms with E-state index in [1.165, 1.54) is 32.8 Å². The number of rotatable bonds is 5. The average molecular weight is 227 g/mol. The lowest BCUT2D eigenvalue weighted by molar-refractivity contribution is -0.149. The van der Waals surface area contributed by atoms with E-state index in [1.54, 1.807) is 0 Å². The number of hydrogen-bond donors (Lipinski definition) is 1. The van der Waals surface area contributed by atoms with Crippen molar-refractivity contribution in [2.75, 3.05) is 7.11 Å². The zero-order valence-electron chi connectivity index (χ0n) is 11.0. The molecule has 0 aromatic heterocycles. The third-order valence-electron chi connectivity index (χ3n) is 3.33. The molecule has 16 heavy (non-hydrogen) atoms. The molecule has 0 spiro atoms. The lowest BCUT2D eigenvalue weighted by atomic mass is 9.89. The highest BCUT2D eigenvalue weighted by Gasteiger charge is 2.37. The molecule has 0 bridgehead atoms. The van der Waals surface area contributed by atoms with Gasteiger partial charge in [0, 0.05) is 6.04 Å². The van der Waals surface area contributed by atoms with Gasteiger partial charge in [-0.3, -0.25) is 10.1 Å². The smallest absolute Gasteiger partial charge is 0.325 e. The minimum Gasteiger partial charge on any atom is -0.468 e. The molecule has 1 aliphatic carbocycles. The molecule has 1 unspecified atom stereocenters. The van der Waals surface area contributed by atoms with E-state index in [0.29, 0.717) is 12.0 Å². The van der Waals surface area contributed by atoms with Gasteiger partial charge in [0.2, 0.25) is 0 Å². The molecule has 94 valence electrons. The van der Waals surface area contributed by atoms with Crippen molar-refractivity contribution in [3.05, 3.63) is 0 Å². The highest BCUT2D eigenvalue weighted by Crippen LogP contribution is 2.24. The molecular formula is C13H25NO2. The number of carbonyl (C=O) groups excluding carboxylic acids is 1. The van der Waals surface area contributed by atoms with Crippen LogP contribution in [-0.2, 0) is 9.53 Å². The van der Waals surface area contributed by atoms with Crippen LogP contribution in [0.1, 0.15) is 52.9 Å². The molecule has 0 aromatic carbocycles. The average Bonchev–Trinajstić information content (AvgIpc) is 2.67. The fraction of sp³-hybridized carbons (Fsp3) is 0.923. The Bertz CT molecular complexity index is 234. The second-order valence-corrected chi connectivity index (χ2v) is 5.55. The van der Waals surface area contributed by atoms with Gasteiger partial charge in [0.1, 0.15) is 5.54 Å². The zero-order chi connectivity index (χ0) is 12.2. The molecule has 0 heterocycles. The van der Waals surface area contributed by atoms with Gasteiger partial charge in [-0.05, 0) is 32.1 Å². The molecule has 1 fully saturated rings. The molecule has 0 saturated heterocycles. The van der Waals surface area contributed by atoms with E-state index in [-0.39, 0.29) is 5.97 Å². The maximum absolute atomic E-state index is 11.9. The van der Waals surface area contributed by atoms with Crippen LogP contribution >= 0.6 is 0 Å². The largest absolute Gasteiger partial charge is 0.468 e. The molecule has 1 N–H and O–H groups in total. The highest BCUT2D eigenvalue weighted by atomic mass is 16.5. The zero-order valence-corrected chi connectivity index (χ0v) is 11.0. The van der Waals surface area contributed by atoms with E-state index in [1.807, 2.05) is 6.92 Å². The van der Waals surface area contributed by atoms with Crippen LogP contribution in [0.2, 0.25) is 0 Å². The third-order valence-corrected chi connectivity index (χ3v) is 3.33. The number of methoxy groups -OCH3 is 1. The molecule has 3 nitrogen and oxygen atoms in total. The predicted octanol–water partition coefficient (Wildman–Crippen LogP) is 2.50. The Labute approximate surface area is 98.9 Å². The second kappa shape index (κ2) is 5.67. The maximum atomic E-state index is 11.9. The van der Waals surface area contributed by atoms with Crippen LogP contribution in [0.4, 0.5) is 0 Å². The highest BCUT2D eigenvalue weighted by molar-refractivity contribution is 5.80. The Kier molecular flexibility index (Phi) is 4.78. The fourth-order valence-corrected chi connectivity index (χ4v) is 2.76. The first-order chi connectivity index (χ1) is 7.48. The summed E-state index contributed by atoms with van der Waals surface area (Å²) >= 11 is 0. The van der Waals surface area contributed by atoms with Gasteiger partial charge in [0.25, 0.3) is 0 Å². The number of carbonyl (C=O) groups is 1. The molecule has 0 amide bonds. The van der Waals surface area contributed by atoms with Crippen LogP contribution in [0.3, 0.4) is 0 Å². The minimum absolute atomic E-state index is 0.131. The first kappa shape index (κ1) is 13.5. The van der Waals surface area contributed by atoms with E-state index in [4.69, 9.17) is 4.74 Å². The predicted molar refractivity (Wildman–Crippen MR) is 65.3 cm³/mol. The summed E-state index contributed by atoms with van der Waals surface area (Å²) in [7, 11) is 1.47. The topological polar surface area (TPSA) is 38.3 Å². The molecule has 3 heteroatoms. The summed E-state index contributed by atoms with van der Waals surface area (Å²) in [5.41, 5.74) is -0.516. The summed E-state index contributed by atoms with van der Waals surface area (Å²) in [5, 5.41) is 3.50. The SMILES string of the molecule is COC(=O)C(C)(CC(C)C)NC1CCCC1. The molecule has 0 aliphatic heterocycles. The molecule has 0 aromatic rings. The number of nitrogens with one attached hydrogen (secondary N) is 1. The summed E-state index contributed by atoms with van der Waals surface area (Å²) in [4.78, 5) is 11.9. The second-order valence-electron chi connectivity index (χ2n) is 5.55. The Morgan fingerprint density at radius 3 is 2.44 bits per heavy atom. The van der Waals surface area contributed by atoms with E-state index >= 15 is 0 Å². The molecular weight excluding hydrogens is 202 g/mol. The normalized spacial score (nSPS) is 21.1. The standard InChI is InChI=1S/C13H25NO2/c1-10(2)9-13(3,12(15)16-4)14-11-7-5-6-8-11/h10-11,14H,5-9H2,1-4H3. The van der Waals surface area contributed by atoms with E-state index < -0.39 is 5.54 Å². The minimum atomic E-state index is -0.516. The monoisotopic (exact) mass is 227 g/mol. The summed E-state index contributed by atoms with van der Waals surface area (Å²) < 4.78 is 4.93. The van der Waals surface area contributed by atoms with Crippen LogP contribution in [-0.4, -0.2) is 24.7 Å². The van der Waals surface area contributed by atoms with Gasteiger partial charge < -0.3 is 4.74 Å². The number of esters is 1. The van der Waals surface area contributed by atoms with Crippen molar-refractivity contribution in [3.8, 4) is 0 Å². The van der Waals surface area contributed by atoms with Crippen molar-refractivity contribution < 1.29 is 9.53 Å². The van der Waals surface area contributed by atoms with Gasteiger partial charge in [-0.25, -0.2) is 0 Å². The Morgan fingerprint density at radius 2 is 2.00 bits per heavy atom. The van der Waals surface area contributed by atoms with Crippen LogP contribution < -0.4 is 5.32 Å². The van der Waals surface area contributed by atoms with Crippen molar-refractivity contribution in [2.24, 2.45) is 5.92 Å².